The molecule has 0 saturated carbocycles. The molecule has 1 aliphatic rings. The Morgan fingerprint density at radius 2 is 1.63 bits per heavy atom. The van der Waals surface area contributed by atoms with E-state index in [4.69, 9.17) is 4.55 Å². The third-order valence-corrected chi connectivity index (χ3v) is 5.27. The maximum atomic E-state index is 12.7. The van der Waals surface area contributed by atoms with E-state index in [2.05, 4.69) is 5.10 Å². The molecule has 1 heterocycles. The summed E-state index contributed by atoms with van der Waals surface area (Å²) in [4.78, 5) is 14.5. The molecule has 158 valence electrons. The van der Waals surface area contributed by atoms with Crippen molar-refractivity contribution in [2.75, 3.05) is 24.0 Å². The van der Waals surface area contributed by atoms with Crippen molar-refractivity contribution >= 4 is 39.2 Å². The van der Waals surface area contributed by atoms with Crippen LogP contribution in [0.15, 0.2) is 76.3 Å². The van der Waals surface area contributed by atoms with Crippen molar-refractivity contribution in [3.05, 3.63) is 71.8 Å². The van der Waals surface area contributed by atoms with Gasteiger partial charge in [-0.25, -0.2) is 0 Å². The van der Waals surface area contributed by atoms with Gasteiger partial charge < -0.3 is 11.1 Å². The summed E-state index contributed by atoms with van der Waals surface area (Å²) in [6.45, 7) is 1.73. The van der Waals surface area contributed by atoms with Crippen molar-refractivity contribution in [2.45, 2.75) is 11.8 Å². The zero-order valence-electron chi connectivity index (χ0n) is 17.0. The van der Waals surface area contributed by atoms with Gasteiger partial charge in [0.1, 0.15) is 0 Å². The Hall–Kier alpha value is -3.27. The van der Waals surface area contributed by atoms with Crippen LogP contribution in [-0.4, -0.2) is 38.7 Å². The first-order valence-electron chi connectivity index (χ1n) is 8.80. The van der Waals surface area contributed by atoms with Crippen molar-refractivity contribution in [1.82, 2.24) is 6.15 Å². The molecule has 0 radical (unpaired) electrons. The molecule has 0 aromatic heterocycles. The SMILES string of the molecule is CC1=NN(c2ccc(S(=O)(=O)O)cc2)C(=O)C1=CC=Cc1ccc(N(C)C)cc1.N. The van der Waals surface area contributed by atoms with Gasteiger partial charge in [0, 0.05) is 19.8 Å². The average Bonchev–Trinajstić information content (AvgIpc) is 2.96. The zero-order valence-corrected chi connectivity index (χ0v) is 17.8. The number of carbonyl (C=O) groups is 1. The molecule has 8 nitrogen and oxygen atoms in total. The number of allylic oxidation sites excluding steroid dienone is 2. The normalized spacial score (nSPS) is 15.5. The molecule has 0 bridgehead atoms. The van der Waals surface area contributed by atoms with Gasteiger partial charge in [0.2, 0.25) is 0 Å². The standard InChI is InChI=1S/C21H21N3O4S.H3N/c1-15-20(6-4-5-16-7-9-17(10-8-16)23(2)3)21(25)24(22-15)18-11-13-19(14-12-18)29(26,27)28;/h4-14H,1-3H3,(H,26,27,28);1H3. The van der Waals surface area contributed by atoms with E-state index in [1.54, 1.807) is 19.1 Å². The Morgan fingerprint density at radius 1 is 1.03 bits per heavy atom. The number of nitrogens with zero attached hydrogens (tertiary/aromatic N) is 3. The highest BCUT2D eigenvalue weighted by Crippen LogP contribution is 2.25. The molecule has 2 aromatic carbocycles. The Bertz CT molecular complexity index is 1120. The van der Waals surface area contributed by atoms with Crippen LogP contribution in [0, 0.1) is 0 Å². The molecule has 9 heteroatoms. The lowest BCUT2D eigenvalue weighted by molar-refractivity contribution is -0.114. The number of anilines is 2. The molecule has 0 atom stereocenters. The van der Waals surface area contributed by atoms with E-state index in [1.165, 1.54) is 29.3 Å². The van der Waals surface area contributed by atoms with Crippen LogP contribution >= 0.6 is 0 Å². The van der Waals surface area contributed by atoms with Gasteiger partial charge in [-0.3, -0.25) is 9.35 Å². The Kier molecular flexibility index (Phi) is 6.93. The minimum atomic E-state index is -4.29. The topological polar surface area (TPSA) is 125 Å². The third kappa shape index (κ3) is 5.01. The van der Waals surface area contributed by atoms with Crippen molar-refractivity contribution in [3.8, 4) is 0 Å². The number of hydrogen-bond acceptors (Lipinski definition) is 6. The van der Waals surface area contributed by atoms with E-state index in [0.717, 1.165) is 11.3 Å². The minimum absolute atomic E-state index is 0. The van der Waals surface area contributed by atoms with Crippen LogP contribution < -0.4 is 16.1 Å². The fourth-order valence-electron chi connectivity index (χ4n) is 2.78. The number of carbonyl (C=O) groups excluding carboxylic acids is 1. The molecule has 1 amide bonds. The number of benzene rings is 2. The highest BCUT2D eigenvalue weighted by molar-refractivity contribution is 7.85. The van der Waals surface area contributed by atoms with E-state index < -0.39 is 10.1 Å². The second-order valence-corrected chi connectivity index (χ2v) is 8.12. The zero-order chi connectivity index (χ0) is 21.2. The van der Waals surface area contributed by atoms with Crippen LogP contribution in [-0.2, 0) is 14.9 Å². The number of hydrazone groups is 1. The highest BCUT2D eigenvalue weighted by atomic mass is 32.2. The van der Waals surface area contributed by atoms with Crippen LogP contribution in [0.4, 0.5) is 11.4 Å². The maximum Gasteiger partial charge on any atom is 0.294 e. The fraction of sp³-hybridized carbons (Fsp3) is 0.143. The predicted molar refractivity (Wildman–Crippen MR) is 120 cm³/mol. The quantitative estimate of drug-likeness (QED) is 0.554. The van der Waals surface area contributed by atoms with Gasteiger partial charge in [0.25, 0.3) is 16.0 Å². The van der Waals surface area contributed by atoms with Crippen LogP contribution in [0.5, 0.6) is 0 Å². The number of hydrogen-bond donors (Lipinski definition) is 2. The first-order valence-corrected chi connectivity index (χ1v) is 10.2. The van der Waals surface area contributed by atoms with Crippen molar-refractivity contribution < 1.29 is 17.8 Å². The first kappa shape index (κ1) is 23.0. The maximum absolute atomic E-state index is 12.7. The van der Waals surface area contributed by atoms with Gasteiger partial charge in [0.05, 0.1) is 21.9 Å². The predicted octanol–water partition coefficient (Wildman–Crippen LogP) is 3.52. The number of amides is 1. The molecule has 1 aliphatic heterocycles. The molecule has 3 rings (SSSR count). The summed E-state index contributed by atoms with van der Waals surface area (Å²) in [6.07, 6.45) is 5.39. The van der Waals surface area contributed by atoms with Gasteiger partial charge in [0.15, 0.2) is 0 Å². The molecule has 2 aromatic rings. The monoisotopic (exact) mass is 428 g/mol. The summed E-state index contributed by atoms with van der Waals surface area (Å²) in [5, 5.41) is 5.45. The molecule has 0 spiro atoms. The lowest BCUT2D eigenvalue weighted by Crippen LogP contribution is -2.21. The molecule has 4 N–H and O–H groups in total. The second kappa shape index (κ2) is 9.04. The lowest BCUT2D eigenvalue weighted by Gasteiger charge is -2.12. The first-order chi connectivity index (χ1) is 13.7. The van der Waals surface area contributed by atoms with Gasteiger partial charge in [-0.1, -0.05) is 24.3 Å². The van der Waals surface area contributed by atoms with Crippen molar-refractivity contribution in [1.29, 1.82) is 0 Å². The summed E-state index contributed by atoms with van der Waals surface area (Å²) in [7, 11) is -0.332. The number of rotatable bonds is 5. The van der Waals surface area contributed by atoms with E-state index in [1.807, 2.05) is 49.3 Å². The molecular weight excluding hydrogens is 404 g/mol. The summed E-state index contributed by atoms with van der Waals surface area (Å²) < 4.78 is 31.4. The third-order valence-electron chi connectivity index (χ3n) is 4.40. The van der Waals surface area contributed by atoms with E-state index in [9.17, 15) is 13.2 Å². The van der Waals surface area contributed by atoms with Crippen LogP contribution in [0.2, 0.25) is 0 Å². The van der Waals surface area contributed by atoms with Gasteiger partial charge in [-0.2, -0.15) is 18.5 Å². The lowest BCUT2D eigenvalue weighted by atomic mass is 10.1. The van der Waals surface area contributed by atoms with Crippen LogP contribution in [0.3, 0.4) is 0 Å². The van der Waals surface area contributed by atoms with Crippen LogP contribution in [0.1, 0.15) is 12.5 Å². The summed E-state index contributed by atoms with van der Waals surface area (Å²) in [5.74, 6) is -0.310. The Balaban J connectivity index is 0.00000320. The van der Waals surface area contributed by atoms with Gasteiger partial charge in [-0.05, 0) is 55.0 Å². The van der Waals surface area contributed by atoms with E-state index >= 15 is 0 Å². The Labute approximate surface area is 176 Å². The second-order valence-electron chi connectivity index (χ2n) is 6.70. The summed E-state index contributed by atoms with van der Waals surface area (Å²) in [6, 6.07) is 13.3. The molecule has 0 unspecified atom stereocenters. The van der Waals surface area contributed by atoms with Crippen molar-refractivity contribution in [2.24, 2.45) is 5.10 Å². The van der Waals surface area contributed by atoms with E-state index in [0.29, 0.717) is 17.0 Å². The molecule has 0 saturated heterocycles. The van der Waals surface area contributed by atoms with Gasteiger partial charge >= 0.3 is 0 Å². The van der Waals surface area contributed by atoms with E-state index in [-0.39, 0.29) is 17.0 Å². The Morgan fingerprint density at radius 3 is 2.17 bits per heavy atom. The molecular formula is C21H24N4O4S. The molecule has 0 aliphatic carbocycles. The summed E-state index contributed by atoms with van der Waals surface area (Å²) >= 11 is 0. The van der Waals surface area contributed by atoms with Crippen LogP contribution in [0.25, 0.3) is 6.08 Å². The smallest absolute Gasteiger partial charge is 0.294 e. The molecule has 30 heavy (non-hydrogen) atoms. The molecule has 0 fully saturated rings. The van der Waals surface area contributed by atoms with Gasteiger partial charge in [-0.15, -0.1) is 0 Å². The average molecular weight is 429 g/mol. The largest absolute Gasteiger partial charge is 0.378 e. The van der Waals surface area contributed by atoms with Crippen molar-refractivity contribution in [3.63, 3.8) is 0 Å². The minimum Gasteiger partial charge on any atom is -0.378 e. The highest BCUT2D eigenvalue weighted by Gasteiger charge is 2.28. The summed E-state index contributed by atoms with van der Waals surface area (Å²) in [5.41, 5.74) is 3.52. The fourth-order valence-corrected chi connectivity index (χ4v) is 3.26.